The van der Waals surface area contributed by atoms with Crippen molar-refractivity contribution in [2.24, 2.45) is 5.92 Å². The van der Waals surface area contributed by atoms with Gasteiger partial charge in [0.05, 0.1) is 16.4 Å². The van der Waals surface area contributed by atoms with E-state index in [9.17, 15) is 8.42 Å². The third-order valence-electron chi connectivity index (χ3n) is 2.27. The normalized spacial score (nSPS) is 11.8. The molecule has 0 radical (unpaired) electrons. The molecule has 0 saturated heterocycles. The number of hydrogen-bond donors (Lipinski definition) is 3. The van der Waals surface area contributed by atoms with Crippen molar-refractivity contribution in [1.82, 2.24) is 4.72 Å². The molecular weight excluding hydrogens is 274 g/mol. The van der Waals surface area contributed by atoms with E-state index in [4.69, 9.17) is 17.3 Å². The van der Waals surface area contributed by atoms with Crippen LogP contribution in [0.4, 0.5) is 11.4 Å². The summed E-state index contributed by atoms with van der Waals surface area (Å²) in [5.74, 6) is 0.234. The predicted octanol–water partition coefficient (Wildman–Crippen LogP) is 2.13. The van der Waals surface area contributed by atoms with E-state index < -0.39 is 10.2 Å². The molecule has 0 aliphatic heterocycles. The third-order valence-corrected chi connectivity index (χ3v) is 3.63. The van der Waals surface area contributed by atoms with E-state index in [2.05, 4.69) is 9.44 Å². The van der Waals surface area contributed by atoms with Gasteiger partial charge >= 0.3 is 0 Å². The van der Waals surface area contributed by atoms with Crippen LogP contribution in [0.5, 0.6) is 0 Å². The molecule has 0 aliphatic rings. The van der Waals surface area contributed by atoms with Crippen LogP contribution in [0, 0.1) is 12.8 Å². The Kier molecular flexibility index (Phi) is 4.84. The maximum atomic E-state index is 11.8. The molecular formula is C11H18ClN3O2S. The quantitative estimate of drug-likeness (QED) is 0.727. The molecule has 1 rings (SSSR count). The molecule has 0 spiro atoms. The van der Waals surface area contributed by atoms with E-state index in [1.54, 1.807) is 13.0 Å². The zero-order valence-electron chi connectivity index (χ0n) is 10.6. The molecule has 4 N–H and O–H groups in total. The van der Waals surface area contributed by atoms with Crippen LogP contribution in [0.2, 0.25) is 5.02 Å². The first-order valence-electron chi connectivity index (χ1n) is 5.54. The minimum Gasteiger partial charge on any atom is -0.398 e. The molecule has 1 aromatic carbocycles. The van der Waals surface area contributed by atoms with Crippen LogP contribution in [-0.4, -0.2) is 15.0 Å². The molecule has 0 unspecified atom stereocenters. The summed E-state index contributed by atoms with van der Waals surface area (Å²) in [4.78, 5) is 0. The monoisotopic (exact) mass is 291 g/mol. The van der Waals surface area contributed by atoms with Gasteiger partial charge in [-0.15, -0.1) is 0 Å². The van der Waals surface area contributed by atoms with Gasteiger partial charge in [0.2, 0.25) is 0 Å². The van der Waals surface area contributed by atoms with Crippen LogP contribution in [0.3, 0.4) is 0 Å². The van der Waals surface area contributed by atoms with Gasteiger partial charge in [-0.25, -0.2) is 0 Å². The first-order chi connectivity index (χ1) is 8.21. The van der Waals surface area contributed by atoms with Crippen LogP contribution >= 0.6 is 11.6 Å². The van der Waals surface area contributed by atoms with Crippen molar-refractivity contribution in [2.75, 3.05) is 17.0 Å². The van der Waals surface area contributed by atoms with E-state index in [-0.39, 0.29) is 5.92 Å². The number of rotatable bonds is 5. The van der Waals surface area contributed by atoms with Gasteiger partial charge in [0.15, 0.2) is 0 Å². The van der Waals surface area contributed by atoms with Gasteiger partial charge in [0.1, 0.15) is 0 Å². The molecule has 18 heavy (non-hydrogen) atoms. The number of anilines is 2. The summed E-state index contributed by atoms with van der Waals surface area (Å²) >= 11 is 5.86. The standard InChI is InChI=1S/C11H18ClN3O2S/c1-7(2)6-14-18(16,17)15-11-5-9(12)10(13)4-8(11)3/h4-5,7,14-15H,6,13H2,1-3H3. The minimum atomic E-state index is -3.58. The Morgan fingerprint density at radius 1 is 1.39 bits per heavy atom. The highest BCUT2D eigenvalue weighted by molar-refractivity contribution is 7.90. The highest BCUT2D eigenvalue weighted by Crippen LogP contribution is 2.27. The number of halogens is 1. The van der Waals surface area contributed by atoms with Gasteiger partial charge in [-0.3, -0.25) is 4.72 Å². The molecule has 0 amide bonds. The molecule has 102 valence electrons. The van der Waals surface area contributed by atoms with Crippen LogP contribution in [0.15, 0.2) is 12.1 Å². The van der Waals surface area contributed by atoms with Crippen LogP contribution < -0.4 is 15.2 Å². The first-order valence-corrected chi connectivity index (χ1v) is 7.40. The summed E-state index contributed by atoms with van der Waals surface area (Å²) in [5.41, 5.74) is 7.19. The molecule has 0 fully saturated rings. The Balaban J connectivity index is 2.87. The number of nitrogens with two attached hydrogens (primary N) is 1. The molecule has 5 nitrogen and oxygen atoms in total. The molecule has 0 bridgehead atoms. The van der Waals surface area contributed by atoms with Gasteiger partial charge < -0.3 is 5.73 Å². The topological polar surface area (TPSA) is 84.2 Å². The van der Waals surface area contributed by atoms with E-state index in [1.165, 1.54) is 6.07 Å². The Bertz CT molecular complexity index is 529. The summed E-state index contributed by atoms with van der Waals surface area (Å²) in [6.07, 6.45) is 0. The van der Waals surface area contributed by atoms with Crippen molar-refractivity contribution in [3.8, 4) is 0 Å². The lowest BCUT2D eigenvalue weighted by atomic mass is 10.2. The Morgan fingerprint density at radius 3 is 2.56 bits per heavy atom. The van der Waals surface area contributed by atoms with Gasteiger partial charge in [-0.2, -0.15) is 13.1 Å². The van der Waals surface area contributed by atoms with E-state index in [0.717, 1.165) is 0 Å². The average Bonchev–Trinajstić information content (AvgIpc) is 2.23. The number of nitrogen functional groups attached to an aromatic ring is 1. The smallest absolute Gasteiger partial charge is 0.299 e. The van der Waals surface area contributed by atoms with Crippen LogP contribution in [-0.2, 0) is 10.2 Å². The minimum absolute atomic E-state index is 0.234. The van der Waals surface area contributed by atoms with E-state index in [0.29, 0.717) is 28.5 Å². The number of hydrogen-bond acceptors (Lipinski definition) is 3. The molecule has 0 atom stereocenters. The van der Waals surface area contributed by atoms with Gasteiger partial charge in [0.25, 0.3) is 10.2 Å². The number of benzene rings is 1. The SMILES string of the molecule is Cc1cc(N)c(Cl)cc1NS(=O)(=O)NCC(C)C. The van der Waals surface area contributed by atoms with Crippen molar-refractivity contribution < 1.29 is 8.42 Å². The molecule has 1 aromatic rings. The predicted molar refractivity (Wildman–Crippen MR) is 76.0 cm³/mol. The van der Waals surface area contributed by atoms with Crippen molar-refractivity contribution in [3.63, 3.8) is 0 Å². The van der Waals surface area contributed by atoms with Crippen molar-refractivity contribution >= 4 is 33.2 Å². The summed E-state index contributed by atoms with van der Waals surface area (Å²) in [6.45, 7) is 5.98. The fourth-order valence-corrected chi connectivity index (χ4v) is 2.57. The molecule has 0 aromatic heterocycles. The average molecular weight is 292 g/mol. The zero-order chi connectivity index (χ0) is 13.9. The zero-order valence-corrected chi connectivity index (χ0v) is 12.2. The van der Waals surface area contributed by atoms with Crippen molar-refractivity contribution in [1.29, 1.82) is 0 Å². The molecule has 7 heteroatoms. The molecule has 0 aliphatic carbocycles. The van der Waals surface area contributed by atoms with Gasteiger partial charge in [0, 0.05) is 6.54 Å². The van der Waals surface area contributed by atoms with Gasteiger partial charge in [-0.05, 0) is 30.5 Å². The van der Waals surface area contributed by atoms with Crippen LogP contribution in [0.1, 0.15) is 19.4 Å². The van der Waals surface area contributed by atoms with Crippen LogP contribution in [0.25, 0.3) is 0 Å². The summed E-state index contributed by atoms with van der Waals surface area (Å²) < 4.78 is 28.4. The number of aryl methyl sites for hydroxylation is 1. The Morgan fingerprint density at radius 2 is 2.00 bits per heavy atom. The molecule has 0 heterocycles. The summed E-state index contributed by atoms with van der Waals surface area (Å²) in [7, 11) is -3.58. The Hall–Kier alpha value is -0.980. The van der Waals surface area contributed by atoms with Crippen molar-refractivity contribution in [3.05, 3.63) is 22.7 Å². The molecule has 0 saturated carbocycles. The third kappa shape index (κ3) is 4.36. The highest BCUT2D eigenvalue weighted by atomic mass is 35.5. The first kappa shape index (κ1) is 15.1. The van der Waals surface area contributed by atoms with Crippen molar-refractivity contribution in [2.45, 2.75) is 20.8 Å². The lowest BCUT2D eigenvalue weighted by Crippen LogP contribution is -2.33. The summed E-state index contributed by atoms with van der Waals surface area (Å²) in [6, 6.07) is 3.13. The van der Waals surface area contributed by atoms with E-state index in [1.807, 2.05) is 13.8 Å². The maximum absolute atomic E-state index is 11.8. The number of nitrogens with one attached hydrogen (secondary N) is 2. The second kappa shape index (κ2) is 5.77. The second-order valence-electron chi connectivity index (χ2n) is 4.54. The lowest BCUT2D eigenvalue weighted by molar-refractivity contribution is 0.565. The largest absolute Gasteiger partial charge is 0.398 e. The second-order valence-corrected chi connectivity index (χ2v) is 6.44. The highest BCUT2D eigenvalue weighted by Gasteiger charge is 2.12. The lowest BCUT2D eigenvalue weighted by Gasteiger charge is -2.13. The Labute approximate surface area is 113 Å². The van der Waals surface area contributed by atoms with E-state index >= 15 is 0 Å². The fourth-order valence-electron chi connectivity index (χ4n) is 1.27. The van der Waals surface area contributed by atoms with Gasteiger partial charge in [-0.1, -0.05) is 25.4 Å². The fraction of sp³-hybridized carbons (Fsp3) is 0.455. The maximum Gasteiger partial charge on any atom is 0.299 e. The summed E-state index contributed by atoms with van der Waals surface area (Å²) in [5, 5.41) is 0.321.